The molecule has 0 atom stereocenters. The Balaban J connectivity index is 1.32. The Hall–Kier alpha value is -1.62. The van der Waals surface area contributed by atoms with Gasteiger partial charge in [0.2, 0.25) is 0 Å². The van der Waals surface area contributed by atoms with Crippen LogP contribution in [-0.4, -0.2) is 23.4 Å². The van der Waals surface area contributed by atoms with Gasteiger partial charge >= 0.3 is 0 Å². The van der Waals surface area contributed by atoms with Crippen molar-refractivity contribution in [1.29, 1.82) is 0 Å². The molecule has 3 rings (SSSR count). The number of benzene rings is 1. The van der Waals surface area contributed by atoms with E-state index in [9.17, 15) is 0 Å². The van der Waals surface area contributed by atoms with Crippen molar-refractivity contribution in [3.63, 3.8) is 0 Å². The van der Waals surface area contributed by atoms with Gasteiger partial charge in [0.1, 0.15) is 5.75 Å². The largest absolute Gasteiger partial charge is 0.494 e. The molecule has 2 aromatic rings. The lowest BCUT2D eigenvalue weighted by Gasteiger charge is -2.28. The summed E-state index contributed by atoms with van der Waals surface area (Å²) in [5.74, 6) is 2.80. The van der Waals surface area contributed by atoms with Crippen LogP contribution in [0, 0.1) is 11.8 Å². The van der Waals surface area contributed by atoms with Gasteiger partial charge in [-0.05, 0) is 55.4 Å². The van der Waals surface area contributed by atoms with Crippen molar-refractivity contribution in [2.24, 2.45) is 11.8 Å². The lowest BCUT2D eigenvalue weighted by Crippen LogP contribution is -2.15. The van der Waals surface area contributed by atoms with Gasteiger partial charge in [-0.3, -0.25) is 0 Å². The summed E-state index contributed by atoms with van der Waals surface area (Å²) in [7, 11) is 0. The normalized spacial score (nSPS) is 18.8. The quantitative estimate of drug-likeness (QED) is 0.277. The van der Waals surface area contributed by atoms with Gasteiger partial charge in [0.05, 0.1) is 13.2 Å². The van der Waals surface area contributed by atoms with Crippen LogP contribution in [0.15, 0.2) is 24.3 Å². The zero-order valence-electron chi connectivity index (χ0n) is 19.5. The fourth-order valence-corrected chi connectivity index (χ4v) is 5.16. The lowest BCUT2D eigenvalue weighted by atomic mass is 9.78. The minimum atomic E-state index is 0.679. The average Bonchev–Trinajstić information content (AvgIpc) is 3.27. The zero-order valence-corrected chi connectivity index (χ0v) is 20.3. The van der Waals surface area contributed by atoms with E-state index in [4.69, 9.17) is 9.47 Å². The second kappa shape index (κ2) is 13.7. The van der Waals surface area contributed by atoms with Crippen LogP contribution < -0.4 is 9.47 Å². The van der Waals surface area contributed by atoms with E-state index >= 15 is 0 Å². The van der Waals surface area contributed by atoms with E-state index in [2.05, 4.69) is 24.0 Å². The predicted octanol–water partition coefficient (Wildman–Crippen LogP) is 7.93. The number of unbranched alkanes of at least 4 members (excludes halogenated alkanes) is 3. The molecule has 172 valence electrons. The molecule has 0 radical (unpaired) electrons. The van der Waals surface area contributed by atoms with Crippen LogP contribution in [-0.2, 0) is 0 Å². The number of rotatable bonds is 14. The molecule has 31 heavy (non-hydrogen) atoms. The van der Waals surface area contributed by atoms with Crippen molar-refractivity contribution in [3.05, 3.63) is 24.3 Å². The summed E-state index contributed by atoms with van der Waals surface area (Å²) in [4.78, 5) is 0. The number of hydrogen-bond donors (Lipinski definition) is 0. The van der Waals surface area contributed by atoms with Gasteiger partial charge in [0.25, 0.3) is 5.19 Å². The van der Waals surface area contributed by atoms with E-state index in [1.165, 1.54) is 69.1 Å². The van der Waals surface area contributed by atoms with Gasteiger partial charge in [-0.15, -0.1) is 5.10 Å². The zero-order chi connectivity index (χ0) is 21.7. The van der Waals surface area contributed by atoms with Crippen molar-refractivity contribution >= 4 is 11.3 Å². The first-order chi connectivity index (χ1) is 15.3. The molecule has 1 heterocycles. The maximum Gasteiger partial charge on any atom is 0.294 e. The lowest BCUT2D eigenvalue weighted by molar-refractivity contribution is 0.227. The molecule has 0 bridgehead atoms. The van der Waals surface area contributed by atoms with E-state index < -0.39 is 0 Å². The summed E-state index contributed by atoms with van der Waals surface area (Å²) in [5.41, 5.74) is 1.06. The molecule has 1 aliphatic rings. The third-order valence-corrected chi connectivity index (χ3v) is 7.32. The highest BCUT2D eigenvalue weighted by atomic mass is 32.1. The summed E-state index contributed by atoms with van der Waals surface area (Å²) in [5, 5.41) is 10.1. The summed E-state index contributed by atoms with van der Waals surface area (Å²) in [6.07, 6.45) is 16.0. The van der Waals surface area contributed by atoms with Crippen LogP contribution in [0.25, 0.3) is 10.6 Å². The third-order valence-electron chi connectivity index (χ3n) is 6.44. The first kappa shape index (κ1) is 24.0. The van der Waals surface area contributed by atoms with E-state index in [1.807, 2.05) is 24.3 Å². The molecule has 1 fully saturated rings. The van der Waals surface area contributed by atoms with Gasteiger partial charge in [-0.2, -0.15) is 0 Å². The van der Waals surface area contributed by atoms with Crippen molar-refractivity contribution in [2.75, 3.05) is 13.2 Å². The molecule has 0 unspecified atom stereocenters. The molecule has 0 spiro atoms. The monoisotopic (exact) mass is 444 g/mol. The summed E-state index contributed by atoms with van der Waals surface area (Å²) < 4.78 is 11.6. The maximum atomic E-state index is 5.90. The van der Waals surface area contributed by atoms with E-state index in [0.29, 0.717) is 5.19 Å². The molecule has 0 amide bonds. The molecule has 1 saturated carbocycles. The standard InChI is InChI=1S/C26H40N2O2S/c1-3-5-7-9-21-11-13-22(14-12-21)10-8-20-30-26-28-27-25(31-26)23-15-17-24(18-16-23)29-19-6-4-2/h15-18,21-22H,3-14,19-20H2,1-2H3. The first-order valence-corrected chi connectivity index (χ1v) is 13.3. The number of hydrogen-bond acceptors (Lipinski definition) is 5. The Morgan fingerprint density at radius 3 is 2.10 bits per heavy atom. The number of aromatic nitrogens is 2. The third kappa shape index (κ3) is 8.44. The number of nitrogens with zero attached hydrogens (tertiary/aromatic N) is 2. The Morgan fingerprint density at radius 2 is 1.42 bits per heavy atom. The summed E-state index contributed by atoms with van der Waals surface area (Å²) in [6, 6.07) is 8.10. The Morgan fingerprint density at radius 1 is 0.774 bits per heavy atom. The Labute approximate surface area is 192 Å². The molecule has 0 aliphatic heterocycles. The molecular formula is C26H40N2O2S. The molecule has 1 aromatic heterocycles. The van der Waals surface area contributed by atoms with Crippen molar-refractivity contribution in [2.45, 2.75) is 90.9 Å². The highest BCUT2D eigenvalue weighted by Crippen LogP contribution is 2.34. The van der Waals surface area contributed by atoms with Crippen molar-refractivity contribution < 1.29 is 9.47 Å². The molecule has 4 nitrogen and oxygen atoms in total. The van der Waals surface area contributed by atoms with Gasteiger partial charge < -0.3 is 9.47 Å². The maximum absolute atomic E-state index is 5.90. The van der Waals surface area contributed by atoms with Crippen LogP contribution in [0.3, 0.4) is 0 Å². The van der Waals surface area contributed by atoms with Crippen molar-refractivity contribution in [3.8, 4) is 21.5 Å². The second-order valence-electron chi connectivity index (χ2n) is 8.97. The van der Waals surface area contributed by atoms with E-state index in [0.717, 1.165) is 60.6 Å². The second-order valence-corrected chi connectivity index (χ2v) is 9.91. The predicted molar refractivity (Wildman–Crippen MR) is 130 cm³/mol. The molecule has 1 aromatic carbocycles. The molecule has 1 aliphatic carbocycles. The fraction of sp³-hybridized carbons (Fsp3) is 0.692. The van der Waals surface area contributed by atoms with E-state index in [-0.39, 0.29) is 0 Å². The van der Waals surface area contributed by atoms with Gasteiger partial charge in [0.15, 0.2) is 5.01 Å². The van der Waals surface area contributed by atoms with Crippen LogP contribution >= 0.6 is 11.3 Å². The van der Waals surface area contributed by atoms with Gasteiger partial charge in [0, 0.05) is 5.56 Å². The Bertz CT molecular complexity index is 723. The smallest absolute Gasteiger partial charge is 0.294 e. The van der Waals surface area contributed by atoms with Gasteiger partial charge in [-0.25, -0.2) is 0 Å². The molecule has 0 saturated heterocycles. The average molecular weight is 445 g/mol. The van der Waals surface area contributed by atoms with E-state index in [1.54, 1.807) is 0 Å². The SMILES string of the molecule is CCCCCC1CCC(CCCOc2nnc(-c3ccc(OCCCC)cc3)s2)CC1. The topological polar surface area (TPSA) is 44.2 Å². The summed E-state index contributed by atoms with van der Waals surface area (Å²) >= 11 is 1.52. The van der Waals surface area contributed by atoms with Crippen molar-refractivity contribution in [1.82, 2.24) is 10.2 Å². The molecular weight excluding hydrogens is 404 g/mol. The fourth-order valence-electron chi connectivity index (χ4n) is 4.44. The Kier molecular flexibility index (Phi) is 10.6. The van der Waals surface area contributed by atoms with Crippen LogP contribution in [0.5, 0.6) is 10.9 Å². The molecule has 5 heteroatoms. The number of ether oxygens (including phenoxy) is 2. The highest BCUT2D eigenvalue weighted by molar-refractivity contribution is 7.16. The molecule has 0 N–H and O–H groups in total. The van der Waals surface area contributed by atoms with Crippen LogP contribution in [0.1, 0.15) is 90.9 Å². The highest BCUT2D eigenvalue weighted by Gasteiger charge is 2.20. The van der Waals surface area contributed by atoms with Crippen LogP contribution in [0.2, 0.25) is 0 Å². The summed E-state index contributed by atoms with van der Waals surface area (Å²) in [6.45, 7) is 5.98. The minimum absolute atomic E-state index is 0.679. The first-order valence-electron chi connectivity index (χ1n) is 12.5. The van der Waals surface area contributed by atoms with Gasteiger partial charge in [-0.1, -0.05) is 88.1 Å². The minimum Gasteiger partial charge on any atom is -0.494 e. The van der Waals surface area contributed by atoms with Crippen LogP contribution in [0.4, 0.5) is 0 Å².